The third-order valence-corrected chi connectivity index (χ3v) is 4.69. The van der Waals surface area contributed by atoms with Crippen molar-refractivity contribution in [3.05, 3.63) is 59.4 Å². The van der Waals surface area contributed by atoms with Gasteiger partial charge in [-0.2, -0.15) is 0 Å². The lowest BCUT2D eigenvalue weighted by atomic mass is 10.2. The van der Waals surface area contributed by atoms with Gasteiger partial charge in [-0.25, -0.2) is 31.1 Å². The molecule has 2 rings (SSSR count). The maximum atomic E-state index is 13.8. The summed E-state index contributed by atoms with van der Waals surface area (Å²) in [6.45, 7) is -0.905. The predicted octanol–water partition coefficient (Wildman–Crippen LogP) is 1.81. The quantitative estimate of drug-likeness (QED) is 0.718. The van der Waals surface area contributed by atoms with Crippen molar-refractivity contribution in [1.82, 2.24) is 4.72 Å². The van der Waals surface area contributed by atoms with E-state index in [1.165, 1.54) is 0 Å². The van der Waals surface area contributed by atoms with E-state index in [1.807, 2.05) is 10.0 Å². The first-order chi connectivity index (χ1) is 12.6. The van der Waals surface area contributed by atoms with Crippen LogP contribution in [0.5, 0.6) is 0 Å². The molecule has 0 saturated carbocycles. The van der Waals surface area contributed by atoms with E-state index in [0.717, 1.165) is 37.4 Å². The molecule has 2 N–H and O–H groups in total. The van der Waals surface area contributed by atoms with E-state index in [-0.39, 0.29) is 10.6 Å². The lowest BCUT2D eigenvalue weighted by Crippen LogP contribution is -2.23. The van der Waals surface area contributed by atoms with Gasteiger partial charge in [-0.1, -0.05) is 0 Å². The minimum atomic E-state index is -3.93. The van der Waals surface area contributed by atoms with Crippen LogP contribution in [-0.2, 0) is 19.6 Å². The van der Waals surface area contributed by atoms with E-state index in [1.54, 1.807) is 0 Å². The van der Waals surface area contributed by atoms with Gasteiger partial charge < -0.3 is 10.1 Å². The highest BCUT2D eigenvalue weighted by molar-refractivity contribution is 7.89. The van der Waals surface area contributed by atoms with Gasteiger partial charge in [-0.3, -0.25) is 4.79 Å². The van der Waals surface area contributed by atoms with E-state index in [0.29, 0.717) is 6.07 Å². The van der Waals surface area contributed by atoms with Crippen LogP contribution in [0.2, 0.25) is 0 Å². The molecule has 2 aromatic carbocycles. The van der Waals surface area contributed by atoms with E-state index in [4.69, 9.17) is 0 Å². The Morgan fingerprint density at radius 3 is 2.37 bits per heavy atom. The number of sulfonamides is 1. The zero-order valence-corrected chi connectivity index (χ0v) is 14.6. The van der Waals surface area contributed by atoms with Crippen LogP contribution in [0, 0.1) is 17.5 Å². The third kappa shape index (κ3) is 5.05. The number of halogens is 3. The first kappa shape index (κ1) is 20.4. The highest BCUT2D eigenvalue weighted by Crippen LogP contribution is 2.17. The fourth-order valence-electron chi connectivity index (χ4n) is 1.93. The second-order valence-electron chi connectivity index (χ2n) is 5.10. The Hall–Kier alpha value is -2.92. The molecule has 0 unspecified atom stereocenters. The summed E-state index contributed by atoms with van der Waals surface area (Å²) in [5.74, 6) is -5.20. The second kappa shape index (κ2) is 8.18. The van der Waals surface area contributed by atoms with Crippen LogP contribution >= 0.6 is 0 Å². The first-order valence-corrected chi connectivity index (χ1v) is 8.77. The first-order valence-electron chi connectivity index (χ1n) is 7.29. The molecule has 0 radical (unpaired) electrons. The van der Waals surface area contributed by atoms with Crippen molar-refractivity contribution >= 4 is 27.6 Å². The lowest BCUT2D eigenvalue weighted by molar-refractivity contribution is -0.119. The van der Waals surface area contributed by atoms with Crippen LogP contribution < -0.4 is 10.0 Å². The van der Waals surface area contributed by atoms with Crippen molar-refractivity contribution in [3.8, 4) is 0 Å². The SMILES string of the molecule is CNS(=O)(=O)c1ccc(F)c(C(=O)OCC(=O)Nc2ccc(F)cc2F)c1. The standard InChI is InChI=1S/C16H13F3N2O5S/c1-20-27(24,25)10-3-4-12(18)11(7-10)16(23)26-8-15(22)21-14-5-2-9(17)6-13(14)19/h2-7,20H,8H2,1H3,(H,21,22). The number of carbonyl (C=O) groups is 2. The molecule has 7 nitrogen and oxygen atoms in total. The van der Waals surface area contributed by atoms with Crippen LogP contribution in [0.1, 0.15) is 10.4 Å². The number of benzene rings is 2. The fourth-order valence-corrected chi connectivity index (χ4v) is 2.69. The summed E-state index contributed by atoms with van der Waals surface area (Å²) in [7, 11) is -2.79. The Kier molecular flexibility index (Phi) is 6.18. The van der Waals surface area contributed by atoms with E-state index in [9.17, 15) is 31.2 Å². The molecule has 2 aromatic rings. The number of esters is 1. The number of rotatable bonds is 6. The minimum Gasteiger partial charge on any atom is -0.452 e. The fraction of sp³-hybridized carbons (Fsp3) is 0.125. The molecule has 0 bridgehead atoms. The van der Waals surface area contributed by atoms with Crippen LogP contribution in [0.25, 0.3) is 0 Å². The van der Waals surface area contributed by atoms with Crippen LogP contribution in [0.3, 0.4) is 0 Å². The van der Waals surface area contributed by atoms with E-state index in [2.05, 4.69) is 4.74 Å². The Labute approximate surface area is 152 Å². The summed E-state index contributed by atoms with van der Waals surface area (Å²) in [4.78, 5) is 23.2. The van der Waals surface area contributed by atoms with Crippen molar-refractivity contribution < 1.29 is 35.9 Å². The van der Waals surface area contributed by atoms with E-state index >= 15 is 0 Å². The zero-order chi connectivity index (χ0) is 20.2. The molecule has 0 aromatic heterocycles. The Bertz CT molecular complexity index is 996. The number of hydrogen-bond donors (Lipinski definition) is 2. The molecule has 0 aliphatic heterocycles. The number of nitrogens with one attached hydrogen (secondary N) is 2. The summed E-state index contributed by atoms with van der Waals surface area (Å²) < 4.78 is 70.0. The van der Waals surface area contributed by atoms with Gasteiger partial charge in [-0.05, 0) is 37.4 Å². The molecule has 27 heavy (non-hydrogen) atoms. The molecule has 144 valence electrons. The number of amides is 1. The molecule has 0 atom stereocenters. The minimum absolute atomic E-state index is 0.342. The number of ether oxygens (including phenoxy) is 1. The number of anilines is 1. The van der Waals surface area contributed by atoms with Crippen molar-refractivity contribution in [1.29, 1.82) is 0 Å². The second-order valence-corrected chi connectivity index (χ2v) is 6.98. The zero-order valence-electron chi connectivity index (χ0n) is 13.8. The normalized spacial score (nSPS) is 11.1. The average Bonchev–Trinajstić information content (AvgIpc) is 2.62. The predicted molar refractivity (Wildman–Crippen MR) is 87.9 cm³/mol. The van der Waals surface area contributed by atoms with Gasteiger partial charge in [0.25, 0.3) is 5.91 Å². The van der Waals surface area contributed by atoms with Gasteiger partial charge in [-0.15, -0.1) is 0 Å². The molecule has 0 fully saturated rings. The highest BCUT2D eigenvalue weighted by Gasteiger charge is 2.20. The average molecular weight is 402 g/mol. The number of hydrogen-bond acceptors (Lipinski definition) is 5. The van der Waals surface area contributed by atoms with Gasteiger partial charge in [0.1, 0.15) is 17.5 Å². The molecular weight excluding hydrogens is 389 g/mol. The van der Waals surface area contributed by atoms with Crippen molar-refractivity contribution in [2.24, 2.45) is 0 Å². The largest absolute Gasteiger partial charge is 0.452 e. The van der Waals surface area contributed by atoms with Crippen molar-refractivity contribution in [2.75, 3.05) is 19.0 Å². The maximum absolute atomic E-state index is 13.8. The molecule has 0 spiro atoms. The third-order valence-electron chi connectivity index (χ3n) is 3.28. The summed E-state index contributed by atoms with van der Waals surface area (Å²) in [5.41, 5.74) is -1.04. The van der Waals surface area contributed by atoms with Gasteiger partial charge in [0.05, 0.1) is 16.1 Å². The van der Waals surface area contributed by atoms with Crippen LogP contribution in [0.4, 0.5) is 18.9 Å². The monoisotopic (exact) mass is 402 g/mol. The summed E-state index contributed by atoms with van der Waals surface area (Å²) >= 11 is 0. The number of carbonyl (C=O) groups excluding carboxylic acids is 2. The van der Waals surface area contributed by atoms with Crippen molar-refractivity contribution in [2.45, 2.75) is 4.90 Å². The molecule has 0 saturated heterocycles. The van der Waals surface area contributed by atoms with Crippen LogP contribution in [-0.4, -0.2) is 33.9 Å². The Morgan fingerprint density at radius 2 is 1.74 bits per heavy atom. The maximum Gasteiger partial charge on any atom is 0.341 e. The smallest absolute Gasteiger partial charge is 0.341 e. The molecule has 0 heterocycles. The molecule has 0 aliphatic carbocycles. The highest BCUT2D eigenvalue weighted by atomic mass is 32.2. The summed E-state index contributed by atoms with van der Waals surface area (Å²) in [5, 5.41) is 2.05. The summed E-state index contributed by atoms with van der Waals surface area (Å²) in [6, 6.07) is 4.88. The van der Waals surface area contributed by atoms with Gasteiger partial charge in [0, 0.05) is 6.07 Å². The molecular formula is C16H13F3N2O5S. The van der Waals surface area contributed by atoms with Crippen LogP contribution in [0.15, 0.2) is 41.3 Å². The van der Waals surface area contributed by atoms with Gasteiger partial charge in [0.2, 0.25) is 10.0 Å². The van der Waals surface area contributed by atoms with Gasteiger partial charge >= 0.3 is 5.97 Å². The topological polar surface area (TPSA) is 102 Å². The van der Waals surface area contributed by atoms with E-state index < -0.39 is 51.5 Å². The van der Waals surface area contributed by atoms with Gasteiger partial charge in [0.15, 0.2) is 6.61 Å². The van der Waals surface area contributed by atoms with Crippen molar-refractivity contribution in [3.63, 3.8) is 0 Å². The lowest BCUT2D eigenvalue weighted by Gasteiger charge is -2.09. The Morgan fingerprint density at radius 1 is 1.04 bits per heavy atom. The molecule has 0 aliphatic rings. The molecule has 11 heteroatoms. The Balaban J connectivity index is 2.07. The molecule has 1 amide bonds. The summed E-state index contributed by atoms with van der Waals surface area (Å²) in [6.07, 6.45) is 0.